The Labute approximate surface area is 155 Å². The van der Waals surface area contributed by atoms with Gasteiger partial charge in [0, 0.05) is 18.8 Å². The molecule has 1 heterocycles. The Hall–Kier alpha value is 0.0169. The Kier molecular flexibility index (Phi) is 7.51. The molecular formula is C19H38O5Si. The largest absolute Gasteiger partial charge is 0.502 e. The molecule has 25 heavy (non-hydrogen) atoms. The predicted octanol–water partition coefficient (Wildman–Crippen LogP) is 4.32. The van der Waals surface area contributed by atoms with Crippen LogP contribution in [0.25, 0.3) is 0 Å². The van der Waals surface area contributed by atoms with Crippen LogP contribution in [0.2, 0.25) is 6.04 Å². The Morgan fingerprint density at radius 1 is 0.960 bits per heavy atom. The lowest BCUT2D eigenvalue weighted by Crippen LogP contribution is -2.55. The summed E-state index contributed by atoms with van der Waals surface area (Å²) in [5.41, 5.74) is -0.586. The Morgan fingerprint density at radius 3 is 2.00 bits per heavy atom. The first-order valence-corrected chi connectivity index (χ1v) is 11.8. The van der Waals surface area contributed by atoms with Gasteiger partial charge < -0.3 is 22.8 Å². The van der Waals surface area contributed by atoms with Gasteiger partial charge in [-0.05, 0) is 60.8 Å². The molecule has 0 N–H and O–H groups in total. The van der Waals surface area contributed by atoms with E-state index in [0.717, 1.165) is 31.9 Å². The molecule has 1 aliphatic heterocycles. The number of rotatable bonds is 10. The van der Waals surface area contributed by atoms with Gasteiger partial charge in [-0.1, -0.05) is 12.8 Å². The lowest BCUT2D eigenvalue weighted by atomic mass is 10.2. The molecule has 0 bridgehead atoms. The summed E-state index contributed by atoms with van der Waals surface area (Å²) in [4.78, 5) is 0. The molecule has 148 valence electrons. The molecule has 1 unspecified atom stereocenters. The van der Waals surface area contributed by atoms with Crippen molar-refractivity contribution in [2.75, 3.05) is 19.8 Å². The van der Waals surface area contributed by atoms with Crippen LogP contribution < -0.4 is 0 Å². The van der Waals surface area contributed by atoms with E-state index in [9.17, 15) is 0 Å². The van der Waals surface area contributed by atoms with Crippen molar-refractivity contribution in [3.8, 4) is 0 Å². The van der Waals surface area contributed by atoms with E-state index in [1.54, 1.807) is 0 Å². The van der Waals surface area contributed by atoms with Gasteiger partial charge in [0.2, 0.25) is 0 Å². The van der Waals surface area contributed by atoms with Crippen molar-refractivity contribution in [2.24, 2.45) is 0 Å². The highest BCUT2D eigenvalue weighted by molar-refractivity contribution is 6.61. The molecule has 0 aromatic carbocycles. The van der Waals surface area contributed by atoms with Gasteiger partial charge >= 0.3 is 8.80 Å². The van der Waals surface area contributed by atoms with Crippen LogP contribution in [0.3, 0.4) is 0 Å². The smallest absolute Gasteiger partial charge is 0.379 e. The van der Waals surface area contributed by atoms with Gasteiger partial charge in [0.1, 0.15) is 6.10 Å². The van der Waals surface area contributed by atoms with Crippen LogP contribution in [0.1, 0.15) is 73.6 Å². The highest BCUT2D eigenvalue weighted by Gasteiger charge is 2.49. The van der Waals surface area contributed by atoms with Crippen LogP contribution in [-0.4, -0.2) is 52.0 Å². The van der Waals surface area contributed by atoms with Crippen molar-refractivity contribution >= 4 is 8.80 Å². The van der Waals surface area contributed by atoms with Crippen molar-refractivity contribution in [1.29, 1.82) is 0 Å². The van der Waals surface area contributed by atoms with Gasteiger partial charge in [-0.25, -0.2) is 0 Å². The topological polar surface area (TPSA) is 49.5 Å². The number of epoxide rings is 1. The molecule has 0 amide bonds. The number of hydrogen-bond donors (Lipinski definition) is 0. The maximum absolute atomic E-state index is 6.61. The van der Waals surface area contributed by atoms with Crippen molar-refractivity contribution < 1.29 is 22.8 Å². The van der Waals surface area contributed by atoms with Crippen LogP contribution in [0.4, 0.5) is 0 Å². The highest BCUT2D eigenvalue weighted by atomic mass is 28.4. The first kappa shape index (κ1) is 21.3. The van der Waals surface area contributed by atoms with Gasteiger partial charge in [0.05, 0.1) is 24.4 Å². The molecule has 2 aliphatic rings. The molecule has 6 heteroatoms. The number of ether oxygens (including phenoxy) is 2. The van der Waals surface area contributed by atoms with E-state index in [1.807, 2.05) is 0 Å². The normalized spacial score (nSPS) is 22.6. The fourth-order valence-corrected chi connectivity index (χ4v) is 6.84. The van der Waals surface area contributed by atoms with E-state index in [0.29, 0.717) is 19.3 Å². The minimum Gasteiger partial charge on any atom is -0.379 e. The fourth-order valence-electron chi connectivity index (χ4n) is 3.19. The van der Waals surface area contributed by atoms with Gasteiger partial charge in [-0.3, -0.25) is 0 Å². The molecule has 0 radical (unpaired) electrons. The molecule has 5 nitrogen and oxygen atoms in total. The monoisotopic (exact) mass is 374 g/mol. The van der Waals surface area contributed by atoms with E-state index in [2.05, 4.69) is 41.5 Å². The molecule has 0 aromatic heterocycles. The standard InChI is InChI=1S/C19H38O5Si/c1-18(2,3)23-25(24-19(4,5)6,22-16-10-7-8-11-16)13-9-12-20-14-17-15-21-17/h16-17H,7-15H2,1-6H3. The van der Waals surface area contributed by atoms with E-state index in [4.69, 9.17) is 22.8 Å². The summed E-state index contributed by atoms with van der Waals surface area (Å²) in [6.07, 6.45) is 6.19. The summed E-state index contributed by atoms with van der Waals surface area (Å²) in [6.45, 7) is 14.7. The Balaban J connectivity index is 1.99. The maximum atomic E-state index is 6.61. The molecule has 1 aliphatic carbocycles. The quantitative estimate of drug-likeness (QED) is 0.324. The zero-order valence-corrected chi connectivity index (χ0v) is 18.1. The highest BCUT2D eigenvalue weighted by Crippen LogP contribution is 2.33. The second-order valence-corrected chi connectivity index (χ2v) is 11.8. The predicted molar refractivity (Wildman–Crippen MR) is 101 cm³/mol. The van der Waals surface area contributed by atoms with Crippen LogP contribution in [0.15, 0.2) is 0 Å². The summed E-state index contributed by atoms with van der Waals surface area (Å²) in [6, 6.07) is 0.795. The first-order chi connectivity index (χ1) is 11.6. The average molecular weight is 375 g/mol. The van der Waals surface area contributed by atoms with Crippen molar-refractivity contribution in [3.63, 3.8) is 0 Å². The van der Waals surface area contributed by atoms with Crippen LogP contribution in [0, 0.1) is 0 Å². The summed E-state index contributed by atoms with van der Waals surface area (Å²) in [5, 5.41) is 0. The first-order valence-electron chi connectivity index (χ1n) is 9.84. The molecule has 1 atom stereocenters. The lowest BCUT2D eigenvalue weighted by Gasteiger charge is -2.41. The van der Waals surface area contributed by atoms with Crippen molar-refractivity contribution in [2.45, 2.75) is 103 Å². The van der Waals surface area contributed by atoms with Gasteiger partial charge in [0.25, 0.3) is 0 Å². The summed E-state index contributed by atoms with van der Waals surface area (Å²) < 4.78 is 30.5. The summed E-state index contributed by atoms with van der Waals surface area (Å²) in [5.74, 6) is 0. The Bertz CT molecular complexity index is 376. The van der Waals surface area contributed by atoms with Crippen molar-refractivity contribution in [1.82, 2.24) is 0 Å². The zero-order chi connectivity index (χ0) is 18.6. The van der Waals surface area contributed by atoms with E-state index in [-0.39, 0.29) is 17.3 Å². The minimum atomic E-state index is -2.80. The van der Waals surface area contributed by atoms with E-state index >= 15 is 0 Å². The minimum absolute atomic E-state index is 0.275. The third kappa shape index (κ3) is 8.97. The Morgan fingerprint density at radius 2 is 1.52 bits per heavy atom. The average Bonchev–Trinajstić information content (AvgIpc) is 3.11. The van der Waals surface area contributed by atoms with Gasteiger partial charge in [0.15, 0.2) is 0 Å². The SMILES string of the molecule is CC(C)(C)O[Si](CCCOCC1CO1)(OC1CCCC1)OC(C)(C)C. The fraction of sp³-hybridized carbons (Fsp3) is 1.00. The third-order valence-corrected chi connectivity index (χ3v) is 7.55. The molecular weight excluding hydrogens is 336 g/mol. The second-order valence-electron chi connectivity index (χ2n) is 9.27. The molecule has 1 saturated carbocycles. The van der Waals surface area contributed by atoms with Crippen LogP contribution >= 0.6 is 0 Å². The third-order valence-electron chi connectivity index (χ3n) is 4.05. The van der Waals surface area contributed by atoms with E-state index < -0.39 is 8.80 Å². The zero-order valence-electron chi connectivity index (χ0n) is 17.1. The van der Waals surface area contributed by atoms with Gasteiger partial charge in [-0.2, -0.15) is 0 Å². The summed E-state index contributed by atoms with van der Waals surface area (Å²) >= 11 is 0. The molecule has 0 spiro atoms. The molecule has 2 fully saturated rings. The second kappa shape index (κ2) is 8.80. The van der Waals surface area contributed by atoms with E-state index in [1.165, 1.54) is 12.8 Å². The molecule has 2 rings (SSSR count). The number of hydrogen-bond acceptors (Lipinski definition) is 5. The lowest BCUT2D eigenvalue weighted by molar-refractivity contribution is -0.0597. The maximum Gasteiger partial charge on any atom is 0.502 e. The van der Waals surface area contributed by atoms with Gasteiger partial charge in [-0.15, -0.1) is 0 Å². The molecule has 1 saturated heterocycles. The van der Waals surface area contributed by atoms with Crippen LogP contribution in [0.5, 0.6) is 0 Å². The van der Waals surface area contributed by atoms with Crippen molar-refractivity contribution in [3.05, 3.63) is 0 Å². The summed E-state index contributed by atoms with van der Waals surface area (Å²) in [7, 11) is -2.80. The van der Waals surface area contributed by atoms with Crippen LogP contribution in [-0.2, 0) is 22.8 Å². The molecule has 0 aromatic rings.